The molecule has 2 aromatic heterocycles. The zero-order valence-corrected chi connectivity index (χ0v) is 11.7. The first kappa shape index (κ1) is 11.6. The minimum absolute atomic E-state index is 0.234. The molecule has 1 aliphatic carbocycles. The van der Waals surface area contributed by atoms with E-state index in [-0.39, 0.29) is 6.04 Å². The summed E-state index contributed by atoms with van der Waals surface area (Å²) in [5.41, 5.74) is 1.41. The second-order valence-corrected chi connectivity index (χ2v) is 6.47. The molecule has 0 bridgehead atoms. The summed E-state index contributed by atoms with van der Waals surface area (Å²) >= 11 is 1.87. The van der Waals surface area contributed by atoms with Crippen LogP contribution in [-0.4, -0.2) is 21.3 Å². The van der Waals surface area contributed by atoms with Crippen molar-refractivity contribution in [3.05, 3.63) is 34.0 Å². The van der Waals surface area contributed by atoms with Gasteiger partial charge in [-0.2, -0.15) is 0 Å². The van der Waals surface area contributed by atoms with E-state index >= 15 is 0 Å². The molecule has 5 heteroatoms. The van der Waals surface area contributed by atoms with Gasteiger partial charge in [0.15, 0.2) is 5.82 Å². The Balaban J connectivity index is 1.72. The summed E-state index contributed by atoms with van der Waals surface area (Å²) < 4.78 is 2.32. The average Bonchev–Trinajstić information content (AvgIpc) is 3.18. The lowest BCUT2D eigenvalue weighted by Gasteiger charge is -2.25. The van der Waals surface area contributed by atoms with Crippen LogP contribution in [0.2, 0.25) is 0 Å². The zero-order chi connectivity index (χ0) is 12.7. The molecule has 3 heterocycles. The first-order chi connectivity index (χ1) is 9.43. The van der Waals surface area contributed by atoms with Crippen LogP contribution in [0.15, 0.2) is 17.8 Å². The molecule has 2 aliphatic rings. The van der Waals surface area contributed by atoms with E-state index in [4.69, 9.17) is 0 Å². The Bertz CT molecular complexity index is 568. The highest BCUT2D eigenvalue weighted by Gasteiger charge is 2.29. The molecule has 0 spiro atoms. The molecule has 4 nitrogen and oxygen atoms in total. The van der Waals surface area contributed by atoms with Crippen molar-refractivity contribution in [3.8, 4) is 0 Å². The Labute approximate surface area is 116 Å². The maximum Gasteiger partial charge on any atom is 0.154 e. The minimum Gasteiger partial charge on any atom is -0.313 e. The van der Waals surface area contributed by atoms with Gasteiger partial charge in [0.25, 0.3) is 0 Å². The molecule has 100 valence electrons. The van der Waals surface area contributed by atoms with Crippen molar-refractivity contribution in [1.29, 1.82) is 0 Å². The molecule has 1 fully saturated rings. The highest BCUT2D eigenvalue weighted by molar-refractivity contribution is 7.10. The fourth-order valence-electron chi connectivity index (χ4n) is 3.40. The van der Waals surface area contributed by atoms with E-state index in [9.17, 15) is 0 Å². The Morgan fingerprint density at radius 2 is 2.21 bits per heavy atom. The zero-order valence-electron chi connectivity index (χ0n) is 10.9. The largest absolute Gasteiger partial charge is 0.313 e. The van der Waals surface area contributed by atoms with Gasteiger partial charge in [0.05, 0.1) is 6.04 Å². The van der Waals surface area contributed by atoms with Crippen LogP contribution in [0.25, 0.3) is 0 Å². The fraction of sp³-hybridized carbons (Fsp3) is 0.571. The molecule has 1 atom stereocenters. The van der Waals surface area contributed by atoms with Crippen LogP contribution in [0.3, 0.4) is 0 Å². The maximum absolute atomic E-state index is 4.42. The summed E-state index contributed by atoms with van der Waals surface area (Å²) in [6.45, 7) is 1.04. The third-order valence-corrected chi connectivity index (χ3v) is 5.36. The second-order valence-electron chi connectivity index (χ2n) is 5.47. The smallest absolute Gasteiger partial charge is 0.154 e. The third-order valence-electron chi connectivity index (χ3n) is 4.37. The fourth-order valence-corrected chi connectivity index (χ4v) is 4.32. The molecule has 1 aliphatic heterocycles. The van der Waals surface area contributed by atoms with E-state index in [2.05, 4.69) is 31.5 Å². The summed E-state index contributed by atoms with van der Waals surface area (Å²) in [7, 11) is 0. The van der Waals surface area contributed by atoms with Gasteiger partial charge in [-0.1, -0.05) is 12.8 Å². The number of fused-ring (bicyclic) bond motifs is 1. The number of nitrogens with one attached hydrogen (secondary N) is 1. The molecule has 1 unspecified atom stereocenters. The number of nitrogens with zero attached hydrogens (tertiary/aromatic N) is 3. The predicted octanol–water partition coefficient (Wildman–Crippen LogP) is 2.69. The van der Waals surface area contributed by atoms with E-state index in [0.717, 1.165) is 18.8 Å². The van der Waals surface area contributed by atoms with Crippen LogP contribution in [0.1, 0.15) is 54.0 Å². The number of hydrogen-bond acceptors (Lipinski definition) is 4. The van der Waals surface area contributed by atoms with Crippen LogP contribution >= 0.6 is 11.3 Å². The molecule has 1 N–H and O–H groups in total. The lowest BCUT2D eigenvalue weighted by Crippen LogP contribution is -2.32. The Morgan fingerprint density at radius 1 is 1.32 bits per heavy atom. The summed E-state index contributed by atoms with van der Waals surface area (Å²) in [5, 5.41) is 14.4. The van der Waals surface area contributed by atoms with E-state index in [1.54, 1.807) is 0 Å². The third kappa shape index (κ3) is 1.92. The number of rotatable bonds is 2. The predicted molar refractivity (Wildman–Crippen MR) is 75.4 cm³/mol. The molecule has 0 radical (unpaired) electrons. The number of hydrogen-bond donors (Lipinski definition) is 1. The van der Waals surface area contributed by atoms with E-state index in [0.29, 0.717) is 6.04 Å². The van der Waals surface area contributed by atoms with E-state index in [1.165, 1.54) is 36.1 Å². The second kappa shape index (κ2) is 4.72. The lowest BCUT2D eigenvalue weighted by molar-refractivity contribution is 0.456. The summed E-state index contributed by atoms with van der Waals surface area (Å²) in [4.78, 5) is 1.50. The van der Waals surface area contributed by atoms with Gasteiger partial charge in [-0.15, -0.1) is 21.5 Å². The van der Waals surface area contributed by atoms with Crippen molar-refractivity contribution in [3.63, 3.8) is 0 Å². The van der Waals surface area contributed by atoms with E-state index in [1.807, 2.05) is 17.7 Å². The van der Waals surface area contributed by atoms with Crippen molar-refractivity contribution < 1.29 is 0 Å². The number of aromatic nitrogens is 3. The topological polar surface area (TPSA) is 42.7 Å². The van der Waals surface area contributed by atoms with Crippen molar-refractivity contribution >= 4 is 11.3 Å². The van der Waals surface area contributed by atoms with Gasteiger partial charge < -0.3 is 9.88 Å². The first-order valence-electron chi connectivity index (χ1n) is 7.12. The van der Waals surface area contributed by atoms with Gasteiger partial charge in [0.2, 0.25) is 0 Å². The minimum atomic E-state index is 0.234. The van der Waals surface area contributed by atoms with Crippen molar-refractivity contribution in [2.75, 3.05) is 6.54 Å². The maximum atomic E-state index is 4.42. The van der Waals surface area contributed by atoms with Gasteiger partial charge in [-0.25, -0.2) is 0 Å². The molecule has 4 rings (SSSR count). The lowest BCUT2D eigenvalue weighted by atomic mass is 10.0. The summed E-state index contributed by atoms with van der Waals surface area (Å²) in [5.74, 6) is 1.10. The molecular weight excluding hydrogens is 256 g/mol. The van der Waals surface area contributed by atoms with Crippen molar-refractivity contribution in [2.45, 2.75) is 44.2 Å². The van der Waals surface area contributed by atoms with Gasteiger partial charge in [0, 0.05) is 17.5 Å². The molecule has 0 amide bonds. The van der Waals surface area contributed by atoms with E-state index < -0.39 is 0 Å². The molecular formula is C14H18N4S. The quantitative estimate of drug-likeness (QED) is 0.915. The monoisotopic (exact) mass is 274 g/mol. The molecule has 0 aromatic carbocycles. The highest BCUT2D eigenvalue weighted by Crippen LogP contribution is 2.35. The van der Waals surface area contributed by atoms with Gasteiger partial charge in [-0.3, -0.25) is 0 Å². The van der Waals surface area contributed by atoms with Crippen molar-refractivity contribution in [2.24, 2.45) is 0 Å². The van der Waals surface area contributed by atoms with Crippen LogP contribution in [0.5, 0.6) is 0 Å². The molecule has 2 aromatic rings. The molecule has 19 heavy (non-hydrogen) atoms. The molecule has 1 saturated carbocycles. The summed E-state index contributed by atoms with van der Waals surface area (Å²) in [6, 6.07) is 3.08. The molecule has 0 saturated heterocycles. The summed E-state index contributed by atoms with van der Waals surface area (Å²) in [6.07, 6.45) is 8.28. The normalized spacial score (nSPS) is 23.7. The first-order valence-corrected chi connectivity index (χ1v) is 8.00. The Kier molecular flexibility index (Phi) is 2.89. The van der Waals surface area contributed by atoms with Crippen LogP contribution < -0.4 is 5.32 Å². The standard InChI is InChI=1S/C14H18N4S/c1-2-4-10(3-1)18-9-16-17-14(18)13-11-6-8-19-12(11)5-7-15-13/h6,8-10,13,15H,1-5,7H2. The van der Waals surface area contributed by atoms with Crippen LogP contribution in [0.4, 0.5) is 0 Å². The van der Waals surface area contributed by atoms with Gasteiger partial charge in [0.1, 0.15) is 6.33 Å². The van der Waals surface area contributed by atoms with Crippen LogP contribution in [-0.2, 0) is 6.42 Å². The van der Waals surface area contributed by atoms with Crippen molar-refractivity contribution in [1.82, 2.24) is 20.1 Å². The SMILES string of the molecule is c1cc2c(s1)CCNC2c1nncn1C1CCCC1. The number of thiophene rings is 1. The Morgan fingerprint density at radius 3 is 3.11 bits per heavy atom. The average molecular weight is 274 g/mol. The van der Waals surface area contributed by atoms with Crippen LogP contribution in [0, 0.1) is 0 Å². The highest BCUT2D eigenvalue weighted by atomic mass is 32.1. The van der Waals surface area contributed by atoms with Gasteiger partial charge in [-0.05, 0) is 36.3 Å². The van der Waals surface area contributed by atoms with Gasteiger partial charge >= 0.3 is 0 Å². The Hall–Kier alpha value is -1.20.